The molecule has 2 amide bonds. The Balaban J connectivity index is 1.58. The highest BCUT2D eigenvalue weighted by Crippen LogP contribution is 2.30. The van der Waals surface area contributed by atoms with Crippen LogP contribution in [-0.2, 0) is 23.1 Å². The van der Waals surface area contributed by atoms with E-state index in [1.54, 1.807) is 38.4 Å². The van der Waals surface area contributed by atoms with Crippen LogP contribution in [0.25, 0.3) is 11.0 Å². The van der Waals surface area contributed by atoms with Gasteiger partial charge in [0.2, 0.25) is 10.0 Å². The third-order valence-electron chi connectivity index (χ3n) is 5.85. The zero-order chi connectivity index (χ0) is 26.8. The molecular formula is C26H37N5O5S. The number of carbonyl (C=O) groups excluding carboxylic acids is 1. The van der Waals surface area contributed by atoms with E-state index in [0.717, 1.165) is 29.4 Å². The van der Waals surface area contributed by atoms with Crippen molar-refractivity contribution in [2.24, 2.45) is 5.92 Å². The molecule has 11 heteroatoms. The van der Waals surface area contributed by atoms with Gasteiger partial charge < -0.3 is 24.7 Å². The molecular weight excluding hydrogens is 494 g/mol. The number of carbonyl (C=O) groups is 1. The summed E-state index contributed by atoms with van der Waals surface area (Å²) in [5.74, 6) is 1.85. The minimum absolute atomic E-state index is 0.0404. The molecule has 0 aliphatic rings. The summed E-state index contributed by atoms with van der Waals surface area (Å²) >= 11 is 0. The van der Waals surface area contributed by atoms with E-state index in [1.807, 2.05) is 22.9 Å². The molecule has 0 unspecified atom stereocenters. The predicted octanol–water partition coefficient (Wildman–Crippen LogP) is 4.12. The van der Waals surface area contributed by atoms with Crippen LogP contribution in [0.1, 0.15) is 39.2 Å². The summed E-state index contributed by atoms with van der Waals surface area (Å²) < 4.78 is 39.0. The number of rotatable bonds is 14. The molecule has 0 bridgehead atoms. The van der Waals surface area contributed by atoms with Crippen molar-refractivity contribution in [1.82, 2.24) is 19.6 Å². The number of pyridine rings is 1. The Labute approximate surface area is 218 Å². The van der Waals surface area contributed by atoms with Crippen molar-refractivity contribution in [2.45, 2.75) is 46.7 Å². The number of ether oxygens (including phenoxy) is 2. The lowest BCUT2D eigenvalue weighted by Gasteiger charge is -2.14. The van der Waals surface area contributed by atoms with Gasteiger partial charge in [0, 0.05) is 49.2 Å². The predicted molar refractivity (Wildman–Crippen MR) is 146 cm³/mol. The number of fused-ring (bicyclic) bond motifs is 1. The molecule has 10 nitrogen and oxygen atoms in total. The van der Waals surface area contributed by atoms with E-state index in [1.165, 1.54) is 0 Å². The van der Waals surface area contributed by atoms with Crippen LogP contribution >= 0.6 is 0 Å². The summed E-state index contributed by atoms with van der Waals surface area (Å²) in [7, 11) is -1.66. The summed E-state index contributed by atoms with van der Waals surface area (Å²) in [5.41, 5.74) is 2.22. The SMILES string of the molecule is CCS(=O)(=O)NCCn1ccc2c(CNC(=O)Nc3ccc(OC)c(OCCCC(C)C)c3)ccnc21. The quantitative estimate of drug-likeness (QED) is 0.269. The fourth-order valence-electron chi connectivity index (χ4n) is 3.80. The van der Waals surface area contributed by atoms with Gasteiger partial charge in [0.15, 0.2) is 11.5 Å². The summed E-state index contributed by atoms with van der Waals surface area (Å²) in [6.07, 6.45) is 5.55. The second-order valence-electron chi connectivity index (χ2n) is 9.07. The third-order valence-corrected chi connectivity index (χ3v) is 7.26. The zero-order valence-corrected chi connectivity index (χ0v) is 22.7. The number of nitrogens with zero attached hydrogens (tertiary/aromatic N) is 2. The summed E-state index contributed by atoms with van der Waals surface area (Å²) in [5, 5.41) is 6.61. The van der Waals surface area contributed by atoms with E-state index in [2.05, 4.69) is 34.2 Å². The number of urea groups is 1. The average Bonchev–Trinajstić information content (AvgIpc) is 3.29. The monoisotopic (exact) mass is 531 g/mol. The van der Waals surface area contributed by atoms with Gasteiger partial charge in [-0.15, -0.1) is 0 Å². The molecule has 1 aromatic carbocycles. The standard InChI is InChI=1S/C26H37N5O5S/c1-5-37(33,34)29-13-15-31-14-11-22-20(10-12-27-25(22)31)18-28-26(32)30-21-8-9-23(35-4)24(17-21)36-16-6-7-19(2)3/h8-12,14,17,19,29H,5-7,13,15-16,18H2,1-4H3,(H2,28,30,32). The van der Waals surface area contributed by atoms with Gasteiger partial charge in [-0.05, 0) is 55.5 Å². The van der Waals surface area contributed by atoms with Gasteiger partial charge in [0.25, 0.3) is 0 Å². The molecule has 3 aromatic rings. The lowest BCUT2D eigenvalue weighted by Crippen LogP contribution is -2.28. The number of benzene rings is 1. The number of hydrogen-bond acceptors (Lipinski definition) is 6. The van der Waals surface area contributed by atoms with E-state index in [4.69, 9.17) is 9.47 Å². The molecule has 2 heterocycles. The van der Waals surface area contributed by atoms with E-state index in [-0.39, 0.29) is 18.3 Å². The molecule has 0 saturated carbocycles. The minimum atomic E-state index is -3.25. The molecule has 0 radical (unpaired) electrons. The molecule has 0 aliphatic heterocycles. The highest BCUT2D eigenvalue weighted by molar-refractivity contribution is 7.89. The fourth-order valence-corrected chi connectivity index (χ4v) is 4.40. The fraction of sp³-hybridized carbons (Fsp3) is 0.462. The van der Waals surface area contributed by atoms with Crippen LogP contribution in [0, 0.1) is 5.92 Å². The second kappa shape index (κ2) is 13.3. The first-order valence-electron chi connectivity index (χ1n) is 12.5. The highest BCUT2D eigenvalue weighted by Gasteiger charge is 2.12. The van der Waals surface area contributed by atoms with Gasteiger partial charge >= 0.3 is 6.03 Å². The Bertz CT molecular complexity index is 1290. The molecule has 3 rings (SSSR count). The summed E-state index contributed by atoms with van der Waals surface area (Å²) in [4.78, 5) is 17.0. The van der Waals surface area contributed by atoms with Crippen molar-refractivity contribution in [3.05, 3.63) is 48.3 Å². The van der Waals surface area contributed by atoms with Crippen LogP contribution < -0.4 is 24.8 Å². The summed E-state index contributed by atoms with van der Waals surface area (Å²) in [6, 6.07) is 8.70. The molecule has 0 spiro atoms. The van der Waals surface area contributed by atoms with Gasteiger partial charge in [-0.1, -0.05) is 13.8 Å². The van der Waals surface area contributed by atoms with Crippen LogP contribution in [0.15, 0.2) is 42.7 Å². The summed E-state index contributed by atoms with van der Waals surface area (Å²) in [6.45, 7) is 7.55. The average molecular weight is 532 g/mol. The van der Waals surface area contributed by atoms with Gasteiger partial charge in [-0.3, -0.25) is 0 Å². The van der Waals surface area contributed by atoms with Crippen molar-refractivity contribution in [2.75, 3.05) is 31.3 Å². The number of sulfonamides is 1. The molecule has 0 atom stereocenters. The molecule has 0 aliphatic carbocycles. The van der Waals surface area contributed by atoms with Crippen molar-refractivity contribution in [3.8, 4) is 11.5 Å². The van der Waals surface area contributed by atoms with E-state index < -0.39 is 10.0 Å². The highest BCUT2D eigenvalue weighted by atomic mass is 32.2. The first kappa shape index (κ1) is 28.3. The molecule has 202 valence electrons. The van der Waals surface area contributed by atoms with Crippen LogP contribution in [-0.4, -0.2) is 50.0 Å². The number of nitrogens with one attached hydrogen (secondary N) is 3. The third kappa shape index (κ3) is 8.36. The van der Waals surface area contributed by atoms with Crippen LogP contribution in [0.2, 0.25) is 0 Å². The van der Waals surface area contributed by atoms with Gasteiger partial charge in [-0.2, -0.15) is 0 Å². The Morgan fingerprint density at radius 2 is 1.97 bits per heavy atom. The minimum Gasteiger partial charge on any atom is -0.493 e. The first-order valence-corrected chi connectivity index (χ1v) is 14.1. The Kier molecular flexibility index (Phi) is 10.2. The largest absolute Gasteiger partial charge is 0.493 e. The maximum absolute atomic E-state index is 12.6. The van der Waals surface area contributed by atoms with Gasteiger partial charge in [0.1, 0.15) is 5.65 Å². The molecule has 0 fully saturated rings. The van der Waals surface area contributed by atoms with E-state index >= 15 is 0 Å². The smallest absolute Gasteiger partial charge is 0.319 e. The zero-order valence-electron chi connectivity index (χ0n) is 21.9. The number of methoxy groups -OCH3 is 1. The first-order chi connectivity index (χ1) is 17.7. The van der Waals surface area contributed by atoms with Crippen LogP contribution in [0.3, 0.4) is 0 Å². The Hall–Kier alpha value is -3.31. The van der Waals surface area contributed by atoms with Crippen molar-refractivity contribution < 1.29 is 22.7 Å². The lowest BCUT2D eigenvalue weighted by molar-refractivity contribution is 0.251. The van der Waals surface area contributed by atoms with Crippen LogP contribution in [0.4, 0.5) is 10.5 Å². The Morgan fingerprint density at radius 1 is 1.16 bits per heavy atom. The Morgan fingerprint density at radius 3 is 2.70 bits per heavy atom. The van der Waals surface area contributed by atoms with E-state index in [0.29, 0.717) is 42.8 Å². The van der Waals surface area contributed by atoms with Gasteiger partial charge in [0.05, 0.1) is 19.5 Å². The van der Waals surface area contributed by atoms with Crippen LogP contribution in [0.5, 0.6) is 11.5 Å². The number of hydrogen-bond donors (Lipinski definition) is 3. The maximum Gasteiger partial charge on any atom is 0.319 e. The molecule has 3 N–H and O–H groups in total. The number of anilines is 1. The molecule has 0 saturated heterocycles. The topological polar surface area (TPSA) is 124 Å². The van der Waals surface area contributed by atoms with E-state index in [9.17, 15) is 13.2 Å². The van der Waals surface area contributed by atoms with Gasteiger partial charge in [-0.25, -0.2) is 22.9 Å². The molecule has 2 aromatic heterocycles. The second-order valence-corrected chi connectivity index (χ2v) is 11.2. The number of aromatic nitrogens is 2. The number of amides is 2. The van der Waals surface area contributed by atoms with Crippen molar-refractivity contribution in [1.29, 1.82) is 0 Å². The maximum atomic E-state index is 12.6. The lowest BCUT2D eigenvalue weighted by atomic mass is 10.1. The normalized spacial score (nSPS) is 11.6. The van der Waals surface area contributed by atoms with Crippen molar-refractivity contribution in [3.63, 3.8) is 0 Å². The molecule has 37 heavy (non-hydrogen) atoms. The van der Waals surface area contributed by atoms with Crippen molar-refractivity contribution >= 4 is 32.8 Å².